The molecule has 3 nitrogen and oxygen atoms in total. The summed E-state index contributed by atoms with van der Waals surface area (Å²) in [5.74, 6) is -0.0419. The van der Waals surface area contributed by atoms with Gasteiger partial charge in [0.2, 0.25) is 5.91 Å². The third-order valence-corrected chi connectivity index (χ3v) is 3.48. The van der Waals surface area contributed by atoms with Crippen molar-refractivity contribution >= 4 is 17.3 Å². The van der Waals surface area contributed by atoms with Crippen molar-refractivity contribution in [1.29, 1.82) is 0 Å². The Kier molecular flexibility index (Phi) is 4.63. The van der Waals surface area contributed by atoms with E-state index < -0.39 is 0 Å². The quantitative estimate of drug-likeness (QED) is 0.888. The molecule has 0 saturated heterocycles. The third-order valence-electron chi connectivity index (χ3n) is 3.48. The molecule has 110 valence electrons. The molecule has 0 aliphatic rings. The highest BCUT2D eigenvalue weighted by Crippen LogP contribution is 2.18. The van der Waals surface area contributed by atoms with E-state index in [-0.39, 0.29) is 11.9 Å². The predicted octanol–water partition coefficient (Wildman–Crippen LogP) is 4.05. The molecular weight excluding hydrogens is 260 g/mol. The first-order valence-corrected chi connectivity index (χ1v) is 7.17. The highest BCUT2D eigenvalue weighted by Gasteiger charge is 2.13. The minimum atomic E-state index is -0.299. The largest absolute Gasteiger partial charge is 0.374 e. The molecular formula is C18H22N2O. The van der Waals surface area contributed by atoms with Crippen molar-refractivity contribution in [2.45, 2.75) is 33.7 Å². The van der Waals surface area contributed by atoms with E-state index in [1.54, 1.807) is 0 Å². The van der Waals surface area contributed by atoms with Crippen molar-refractivity contribution in [3.8, 4) is 0 Å². The van der Waals surface area contributed by atoms with Crippen molar-refractivity contribution in [2.75, 3.05) is 10.6 Å². The van der Waals surface area contributed by atoms with Crippen LogP contribution in [-0.4, -0.2) is 11.9 Å². The number of carbonyl (C=O) groups is 1. The zero-order valence-electron chi connectivity index (χ0n) is 13.0. The number of benzene rings is 2. The molecule has 1 atom stereocenters. The lowest BCUT2D eigenvalue weighted by Gasteiger charge is -2.17. The zero-order valence-corrected chi connectivity index (χ0v) is 13.0. The molecule has 2 rings (SSSR count). The second kappa shape index (κ2) is 6.44. The highest BCUT2D eigenvalue weighted by molar-refractivity contribution is 5.96. The summed E-state index contributed by atoms with van der Waals surface area (Å²) in [5, 5.41) is 6.19. The van der Waals surface area contributed by atoms with Crippen LogP contribution >= 0.6 is 0 Å². The number of anilines is 2. The van der Waals surface area contributed by atoms with E-state index in [0.29, 0.717) is 0 Å². The molecule has 0 aliphatic heterocycles. The average molecular weight is 282 g/mol. The lowest BCUT2D eigenvalue weighted by molar-refractivity contribution is -0.116. The molecule has 0 fully saturated rings. The predicted molar refractivity (Wildman–Crippen MR) is 88.8 cm³/mol. The molecule has 3 heteroatoms. The molecule has 0 spiro atoms. The third kappa shape index (κ3) is 4.09. The van der Waals surface area contributed by atoms with E-state index >= 15 is 0 Å². The van der Waals surface area contributed by atoms with Gasteiger partial charge in [-0.3, -0.25) is 4.79 Å². The molecule has 2 N–H and O–H groups in total. The van der Waals surface area contributed by atoms with Gasteiger partial charge in [-0.1, -0.05) is 29.8 Å². The van der Waals surface area contributed by atoms with Crippen LogP contribution in [0, 0.1) is 20.8 Å². The monoisotopic (exact) mass is 282 g/mol. The molecule has 0 unspecified atom stereocenters. The smallest absolute Gasteiger partial charge is 0.246 e. The molecule has 2 aromatic carbocycles. The summed E-state index contributed by atoms with van der Waals surface area (Å²) < 4.78 is 0. The van der Waals surface area contributed by atoms with Gasteiger partial charge in [0.05, 0.1) is 0 Å². The summed E-state index contributed by atoms with van der Waals surface area (Å²) in [6.07, 6.45) is 0. The van der Waals surface area contributed by atoms with Gasteiger partial charge in [0.1, 0.15) is 6.04 Å². The van der Waals surface area contributed by atoms with Crippen LogP contribution in [-0.2, 0) is 4.79 Å². The number of rotatable bonds is 4. The Bertz CT molecular complexity index is 632. The van der Waals surface area contributed by atoms with Gasteiger partial charge in [-0.25, -0.2) is 0 Å². The molecule has 0 radical (unpaired) electrons. The molecule has 0 aromatic heterocycles. The lowest BCUT2D eigenvalue weighted by atomic mass is 10.1. The molecule has 21 heavy (non-hydrogen) atoms. The second-order valence-electron chi connectivity index (χ2n) is 5.54. The van der Waals surface area contributed by atoms with Gasteiger partial charge in [0, 0.05) is 11.4 Å². The maximum Gasteiger partial charge on any atom is 0.246 e. The normalized spacial score (nSPS) is 11.8. The molecule has 0 saturated carbocycles. The van der Waals surface area contributed by atoms with Crippen LogP contribution in [0.15, 0.2) is 42.5 Å². The second-order valence-corrected chi connectivity index (χ2v) is 5.54. The van der Waals surface area contributed by atoms with E-state index in [1.165, 1.54) is 11.1 Å². The summed E-state index contributed by atoms with van der Waals surface area (Å²) in [5.41, 5.74) is 5.31. The Balaban J connectivity index is 2.02. The molecule has 0 aliphatic carbocycles. The van der Waals surface area contributed by atoms with Gasteiger partial charge < -0.3 is 10.6 Å². The van der Waals surface area contributed by atoms with Crippen LogP contribution < -0.4 is 10.6 Å². The van der Waals surface area contributed by atoms with Crippen LogP contribution in [0.1, 0.15) is 23.6 Å². The topological polar surface area (TPSA) is 41.1 Å². The van der Waals surface area contributed by atoms with E-state index in [2.05, 4.69) is 28.8 Å². The standard InChI is InChI=1S/C18H22N2O/c1-12-6-9-16(10-7-12)20-18(21)15(4)19-17-11-13(2)5-8-14(17)3/h5-11,15,19H,1-4H3,(H,20,21)/t15-/m0/s1. The number of hydrogen-bond donors (Lipinski definition) is 2. The molecule has 2 aromatic rings. The fraction of sp³-hybridized carbons (Fsp3) is 0.278. The Morgan fingerprint density at radius 3 is 2.24 bits per heavy atom. The fourth-order valence-electron chi connectivity index (χ4n) is 2.08. The number of hydrogen-bond acceptors (Lipinski definition) is 2. The van der Waals surface area contributed by atoms with E-state index in [0.717, 1.165) is 16.9 Å². The highest BCUT2D eigenvalue weighted by atomic mass is 16.2. The van der Waals surface area contributed by atoms with Crippen molar-refractivity contribution in [1.82, 2.24) is 0 Å². The Labute approximate surface area is 126 Å². The minimum Gasteiger partial charge on any atom is -0.374 e. The average Bonchev–Trinajstić information content (AvgIpc) is 2.45. The summed E-state index contributed by atoms with van der Waals surface area (Å²) in [4.78, 5) is 12.2. The number of aryl methyl sites for hydroxylation is 3. The minimum absolute atomic E-state index is 0.0419. The molecule has 1 amide bonds. The van der Waals surface area contributed by atoms with E-state index in [4.69, 9.17) is 0 Å². The first-order chi connectivity index (χ1) is 9.95. The van der Waals surface area contributed by atoms with Gasteiger partial charge >= 0.3 is 0 Å². The summed E-state index contributed by atoms with van der Waals surface area (Å²) >= 11 is 0. The Morgan fingerprint density at radius 1 is 0.952 bits per heavy atom. The number of carbonyl (C=O) groups excluding carboxylic acids is 1. The van der Waals surface area contributed by atoms with Crippen LogP contribution in [0.25, 0.3) is 0 Å². The summed E-state index contributed by atoms with van der Waals surface area (Å²) in [7, 11) is 0. The number of nitrogens with one attached hydrogen (secondary N) is 2. The maximum absolute atomic E-state index is 12.2. The zero-order chi connectivity index (χ0) is 15.4. The Morgan fingerprint density at radius 2 is 1.57 bits per heavy atom. The maximum atomic E-state index is 12.2. The van der Waals surface area contributed by atoms with Crippen molar-refractivity contribution in [3.05, 3.63) is 59.2 Å². The van der Waals surface area contributed by atoms with Gasteiger partial charge in [-0.05, 0) is 57.0 Å². The van der Waals surface area contributed by atoms with Crippen molar-refractivity contribution in [3.63, 3.8) is 0 Å². The Hall–Kier alpha value is -2.29. The van der Waals surface area contributed by atoms with Gasteiger partial charge in [0.15, 0.2) is 0 Å². The van der Waals surface area contributed by atoms with E-state index in [9.17, 15) is 4.79 Å². The van der Waals surface area contributed by atoms with Crippen LogP contribution in [0.4, 0.5) is 11.4 Å². The summed E-state index contributed by atoms with van der Waals surface area (Å²) in [6.45, 7) is 7.97. The molecule has 0 bridgehead atoms. The van der Waals surface area contributed by atoms with Crippen LogP contribution in [0.3, 0.4) is 0 Å². The van der Waals surface area contributed by atoms with Crippen molar-refractivity contribution < 1.29 is 4.79 Å². The SMILES string of the molecule is Cc1ccc(NC(=O)[C@H](C)Nc2cc(C)ccc2C)cc1. The van der Waals surface area contributed by atoms with Gasteiger partial charge in [-0.15, -0.1) is 0 Å². The first-order valence-electron chi connectivity index (χ1n) is 7.17. The lowest BCUT2D eigenvalue weighted by Crippen LogP contribution is -2.32. The first kappa shape index (κ1) is 15.1. The summed E-state index contributed by atoms with van der Waals surface area (Å²) in [6, 6.07) is 13.7. The van der Waals surface area contributed by atoms with Gasteiger partial charge in [-0.2, -0.15) is 0 Å². The fourth-order valence-corrected chi connectivity index (χ4v) is 2.08. The van der Waals surface area contributed by atoms with Crippen LogP contribution in [0.2, 0.25) is 0 Å². The van der Waals surface area contributed by atoms with E-state index in [1.807, 2.05) is 52.0 Å². The molecule has 0 heterocycles. The number of amides is 1. The van der Waals surface area contributed by atoms with Crippen molar-refractivity contribution in [2.24, 2.45) is 0 Å². The van der Waals surface area contributed by atoms with Gasteiger partial charge in [0.25, 0.3) is 0 Å². The van der Waals surface area contributed by atoms with Crippen LogP contribution in [0.5, 0.6) is 0 Å².